The first-order chi connectivity index (χ1) is 11.0. The van der Waals surface area contributed by atoms with Crippen molar-refractivity contribution < 1.29 is 10.0 Å². The number of hydrogen-bond acceptors (Lipinski definition) is 3. The van der Waals surface area contributed by atoms with Crippen LogP contribution in [0.15, 0.2) is 54.6 Å². The summed E-state index contributed by atoms with van der Waals surface area (Å²) in [6, 6.07) is 17.0. The van der Waals surface area contributed by atoms with Crippen LogP contribution in [0.4, 0.5) is 0 Å². The largest absolute Gasteiger partial charge is 0.285 e. The van der Waals surface area contributed by atoms with Gasteiger partial charge in [0.2, 0.25) is 5.91 Å². The van der Waals surface area contributed by atoms with Crippen molar-refractivity contribution in [2.24, 2.45) is 0 Å². The number of nitrogens with zero attached hydrogens (tertiary/aromatic N) is 2. The molecule has 2 rings (SSSR count). The molecular formula is C19H18N2O2. The Morgan fingerprint density at radius 3 is 2.52 bits per heavy atom. The van der Waals surface area contributed by atoms with Crippen molar-refractivity contribution in [1.29, 1.82) is 5.26 Å². The molecule has 2 aromatic carbocycles. The van der Waals surface area contributed by atoms with Crippen LogP contribution in [0.3, 0.4) is 0 Å². The lowest BCUT2D eigenvalue weighted by molar-refractivity contribution is -0.167. The summed E-state index contributed by atoms with van der Waals surface area (Å²) in [6.07, 6.45) is 3.63. The Morgan fingerprint density at radius 1 is 1.22 bits per heavy atom. The fourth-order valence-electron chi connectivity index (χ4n) is 2.18. The molecule has 0 radical (unpaired) electrons. The van der Waals surface area contributed by atoms with E-state index in [4.69, 9.17) is 5.26 Å². The second-order valence-electron chi connectivity index (χ2n) is 5.28. The summed E-state index contributed by atoms with van der Waals surface area (Å²) in [4.78, 5) is 11.1. The number of hydrogen-bond donors (Lipinski definition) is 1. The molecule has 1 N–H and O–H groups in total. The van der Waals surface area contributed by atoms with Crippen LogP contribution in [0, 0.1) is 11.3 Å². The minimum atomic E-state index is -0.397. The quantitative estimate of drug-likeness (QED) is 0.689. The predicted molar refractivity (Wildman–Crippen MR) is 89.4 cm³/mol. The number of carbonyl (C=O) groups excluding carboxylic acids is 1. The van der Waals surface area contributed by atoms with E-state index < -0.39 is 11.9 Å². The molecule has 4 nitrogen and oxygen atoms in total. The number of hydroxylamine groups is 2. The van der Waals surface area contributed by atoms with E-state index in [1.807, 2.05) is 42.5 Å². The number of nitriles is 1. The first kappa shape index (κ1) is 16.5. The van der Waals surface area contributed by atoms with Crippen molar-refractivity contribution in [3.05, 3.63) is 65.7 Å². The summed E-state index contributed by atoms with van der Waals surface area (Å²) in [5, 5.41) is 19.1. The minimum Gasteiger partial charge on any atom is -0.285 e. The van der Waals surface area contributed by atoms with Gasteiger partial charge in [-0.15, -0.1) is 0 Å². The molecule has 4 heteroatoms. The van der Waals surface area contributed by atoms with Crippen LogP contribution < -0.4 is 0 Å². The average molecular weight is 306 g/mol. The fourth-order valence-corrected chi connectivity index (χ4v) is 2.18. The third-order valence-electron chi connectivity index (χ3n) is 3.51. The van der Waals surface area contributed by atoms with Crippen LogP contribution in [0.1, 0.15) is 25.0 Å². The van der Waals surface area contributed by atoms with E-state index in [0.29, 0.717) is 10.6 Å². The second-order valence-corrected chi connectivity index (χ2v) is 5.28. The molecule has 0 aliphatic carbocycles. The molecule has 0 unspecified atom stereocenters. The van der Waals surface area contributed by atoms with Gasteiger partial charge in [0.15, 0.2) is 0 Å². The van der Waals surface area contributed by atoms with Crippen molar-refractivity contribution in [1.82, 2.24) is 5.06 Å². The van der Waals surface area contributed by atoms with Crippen molar-refractivity contribution in [3.8, 4) is 17.2 Å². The zero-order valence-corrected chi connectivity index (χ0v) is 13.1. The maximum absolute atomic E-state index is 11.1. The molecule has 0 bridgehead atoms. The summed E-state index contributed by atoms with van der Waals surface area (Å²) < 4.78 is 0. The Bertz CT molecular complexity index is 758. The zero-order valence-electron chi connectivity index (χ0n) is 13.1. The molecule has 23 heavy (non-hydrogen) atoms. The van der Waals surface area contributed by atoms with Crippen LogP contribution in [0.25, 0.3) is 17.2 Å². The smallest absolute Gasteiger partial charge is 0.243 e. The summed E-state index contributed by atoms with van der Waals surface area (Å²) in [5.74, 6) is -0.395. The van der Waals surface area contributed by atoms with Gasteiger partial charge in [-0.25, -0.2) is 5.06 Å². The fraction of sp³-hybridized carbons (Fsp3) is 0.158. The maximum atomic E-state index is 11.1. The van der Waals surface area contributed by atoms with Gasteiger partial charge in [0, 0.05) is 6.92 Å². The number of benzene rings is 2. The Hall–Kier alpha value is -2.90. The van der Waals surface area contributed by atoms with Gasteiger partial charge in [-0.3, -0.25) is 10.0 Å². The van der Waals surface area contributed by atoms with Gasteiger partial charge >= 0.3 is 0 Å². The first-order valence-electron chi connectivity index (χ1n) is 7.28. The Kier molecular flexibility index (Phi) is 5.29. The Labute approximate surface area is 135 Å². The van der Waals surface area contributed by atoms with Gasteiger partial charge in [0.05, 0.1) is 17.7 Å². The molecule has 116 valence electrons. The van der Waals surface area contributed by atoms with Gasteiger partial charge < -0.3 is 0 Å². The third kappa shape index (κ3) is 4.29. The summed E-state index contributed by atoms with van der Waals surface area (Å²) >= 11 is 0. The predicted octanol–water partition coefficient (Wildman–Crippen LogP) is 3.86. The Balaban J connectivity index is 2.19. The topological polar surface area (TPSA) is 64.3 Å². The van der Waals surface area contributed by atoms with E-state index in [1.54, 1.807) is 25.1 Å². The molecule has 1 atom stereocenters. The highest BCUT2D eigenvalue weighted by Gasteiger charge is 2.10. The van der Waals surface area contributed by atoms with E-state index in [9.17, 15) is 10.0 Å². The first-order valence-corrected chi connectivity index (χ1v) is 7.28. The monoisotopic (exact) mass is 306 g/mol. The van der Waals surface area contributed by atoms with Crippen molar-refractivity contribution in [2.45, 2.75) is 19.9 Å². The summed E-state index contributed by atoms with van der Waals surface area (Å²) in [7, 11) is 0. The van der Waals surface area contributed by atoms with Gasteiger partial charge in [0.25, 0.3) is 0 Å². The standard InChI is InChI=1S/C19H18N2O2/c1-14(21(23)15(2)22)6-7-16-4-3-5-19(12-16)18-10-8-17(13-20)9-11-18/h3-12,14,23H,1-2H3/t14-/m0/s1. The molecule has 2 aromatic rings. The van der Waals surface area contributed by atoms with E-state index in [0.717, 1.165) is 16.7 Å². The van der Waals surface area contributed by atoms with Crippen molar-refractivity contribution in [3.63, 3.8) is 0 Å². The second kappa shape index (κ2) is 7.39. The van der Waals surface area contributed by atoms with E-state index in [2.05, 4.69) is 6.07 Å². The average Bonchev–Trinajstić information content (AvgIpc) is 2.59. The van der Waals surface area contributed by atoms with Gasteiger partial charge in [0.1, 0.15) is 0 Å². The number of rotatable bonds is 4. The van der Waals surface area contributed by atoms with Gasteiger partial charge in [-0.2, -0.15) is 5.26 Å². The molecule has 0 fully saturated rings. The normalized spacial score (nSPS) is 11.9. The van der Waals surface area contributed by atoms with Crippen LogP contribution in [-0.2, 0) is 4.79 Å². The highest BCUT2D eigenvalue weighted by atomic mass is 16.5. The van der Waals surface area contributed by atoms with Crippen LogP contribution in [-0.4, -0.2) is 22.2 Å². The number of carbonyl (C=O) groups is 1. The minimum absolute atomic E-state index is 0.395. The molecule has 0 aliphatic heterocycles. The molecule has 0 saturated heterocycles. The number of amides is 1. The van der Waals surface area contributed by atoms with E-state index in [-0.39, 0.29) is 0 Å². The molecule has 0 heterocycles. The molecule has 0 spiro atoms. The summed E-state index contributed by atoms with van der Waals surface area (Å²) in [5.41, 5.74) is 3.66. The molecule has 0 saturated carbocycles. The lowest BCUT2D eigenvalue weighted by Crippen LogP contribution is -2.32. The SMILES string of the molecule is CC(=O)N(O)[C@@H](C)C=Cc1cccc(-c2ccc(C#N)cc2)c1. The van der Waals surface area contributed by atoms with Crippen LogP contribution >= 0.6 is 0 Å². The lowest BCUT2D eigenvalue weighted by Gasteiger charge is -2.17. The zero-order chi connectivity index (χ0) is 16.8. The third-order valence-corrected chi connectivity index (χ3v) is 3.51. The van der Waals surface area contributed by atoms with Gasteiger partial charge in [-0.05, 0) is 41.8 Å². The Morgan fingerprint density at radius 2 is 1.91 bits per heavy atom. The van der Waals surface area contributed by atoms with Crippen molar-refractivity contribution in [2.75, 3.05) is 0 Å². The molecular weight excluding hydrogens is 288 g/mol. The molecule has 1 amide bonds. The summed E-state index contributed by atoms with van der Waals surface area (Å²) in [6.45, 7) is 3.05. The van der Waals surface area contributed by atoms with E-state index in [1.165, 1.54) is 6.92 Å². The van der Waals surface area contributed by atoms with Crippen LogP contribution in [0.2, 0.25) is 0 Å². The van der Waals surface area contributed by atoms with Crippen molar-refractivity contribution >= 4 is 12.0 Å². The molecule has 0 aliphatic rings. The lowest BCUT2D eigenvalue weighted by atomic mass is 10.0. The van der Waals surface area contributed by atoms with Gasteiger partial charge in [-0.1, -0.05) is 42.5 Å². The molecule has 0 aromatic heterocycles. The van der Waals surface area contributed by atoms with Crippen LogP contribution in [0.5, 0.6) is 0 Å². The van der Waals surface area contributed by atoms with E-state index >= 15 is 0 Å². The highest BCUT2D eigenvalue weighted by molar-refractivity contribution is 5.73. The maximum Gasteiger partial charge on any atom is 0.243 e. The highest BCUT2D eigenvalue weighted by Crippen LogP contribution is 2.21.